The topological polar surface area (TPSA) is 41.6 Å². The summed E-state index contributed by atoms with van der Waals surface area (Å²) in [4.78, 5) is 4.25. The quantitative estimate of drug-likeness (QED) is 0.862. The SMILES string of the molecule is CCCc1nc(-c2ccc(C)cc2F)n[nH]1. The van der Waals surface area contributed by atoms with Crippen LogP contribution in [0.1, 0.15) is 24.7 Å². The monoisotopic (exact) mass is 219 g/mol. The molecular formula is C12H14FN3. The van der Waals surface area contributed by atoms with Crippen molar-refractivity contribution in [2.45, 2.75) is 26.7 Å². The average molecular weight is 219 g/mol. The molecule has 0 amide bonds. The molecule has 0 fully saturated rings. The molecule has 2 rings (SSSR count). The van der Waals surface area contributed by atoms with Crippen LogP contribution in [0.5, 0.6) is 0 Å². The zero-order valence-corrected chi connectivity index (χ0v) is 9.42. The number of benzene rings is 1. The Labute approximate surface area is 93.7 Å². The molecule has 1 aromatic carbocycles. The number of halogens is 1. The van der Waals surface area contributed by atoms with Crippen LogP contribution in [-0.4, -0.2) is 15.2 Å². The van der Waals surface area contributed by atoms with Crippen LogP contribution in [0.4, 0.5) is 4.39 Å². The highest BCUT2D eigenvalue weighted by Gasteiger charge is 2.10. The van der Waals surface area contributed by atoms with Gasteiger partial charge in [0, 0.05) is 6.42 Å². The van der Waals surface area contributed by atoms with Crippen molar-refractivity contribution in [3.8, 4) is 11.4 Å². The number of hydrogen-bond donors (Lipinski definition) is 1. The second-order valence-corrected chi connectivity index (χ2v) is 3.84. The zero-order chi connectivity index (χ0) is 11.5. The van der Waals surface area contributed by atoms with Crippen LogP contribution in [0.3, 0.4) is 0 Å². The van der Waals surface area contributed by atoms with Crippen LogP contribution >= 0.6 is 0 Å². The molecule has 0 saturated heterocycles. The number of hydrogen-bond acceptors (Lipinski definition) is 2. The van der Waals surface area contributed by atoms with Crippen molar-refractivity contribution in [1.82, 2.24) is 15.2 Å². The highest BCUT2D eigenvalue weighted by atomic mass is 19.1. The molecule has 84 valence electrons. The van der Waals surface area contributed by atoms with E-state index in [1.165, 1.54) is 6.07 Å². The first-order valence-corrected chi connectivity index (χ1v) is 5.38. The van der Waals surface area contributed by atoms with E-state index in [4.69, 9.17) is 0 Å². The van der Waals surface area contributed by atoms with E-state index in [9.17, 15) is 4.39 Å². The molecule has 0 atom stereocenters. The third kappa shape index (κ3) is 2.10. The Bertz CT molecular complexity index is 491. The van der Waals surface area contributed by atoms with Gasteiger partial charge in [0.15, 0.2) is 5.82 Å². The van der Waals surface area contributed by atoms with E-state index >= 15 is 0 Å². The second kappa shape index (κ2) is 4.43. The first-order valence-electron chi connectivity index (χ1n) is 5.38. The number of aromatic amines is 1. The Morgan fingerprint density at radius 3 is 2.88 bits per heavy atom. The molecule has 1 aromatic heterocycles. The molecule has 0 bridgehead atoms. The smallest absolute Gasteiger partial charge is 0.184 e. The van der Waals surface area contributed by atoms with E-state index in [1.807, 2.05) is 13.0 Å². The molecule has 4 heteroatoms. The van der Waals surface area contributed by atoms with Crippen molar-refractivity contribution in [2.75, 3.05) is 0 Å². The first kappa shape index (κ1) is 10.8. The van der Waals surface area contributed by atoms with Crippen molar-refractivity contribution >= 4 is 0 Å². The fourth-order valence-corrected chi connectivity index (χ4v) is 1.57. The molecule has 0 unspecified atom stereocenters. The number of aryl methyl sites for hydroxylation is 2. The van der Waals surface area contributed by atoms with Crippen molar-refractivity contribution in [3.63, 3.8) is 0 Å². The number of nitrogens with zero attached hydrogens (tertiary/aromatic N) is 2. The van der Waals surface area contributed by atoms with Gasteiger partial charge in [0.25, 0.3) is 0 Å². The van der Waals surface area contributed by atoms with Gasteiger partial charge in [-0.1, -0.05) is 13.0 Å². The van der Waals surface area contributed by atoms with Gasteiger partial charge in [-0.3, -0.25) is 5.10 Å². The summed E-state index contributed by atoms with van der Waals surface area (Å²) in [6.45, 7) is 3.92. The Balaban J connectivity index is 2.35. The summed E-state index contributed by atoms with van der Waals surface area (Å²) in [7, 11) is 0. The van der Waals surface area contributed by atoms with Crippen LogP contribution in [0.2, 0.25) is 0 Å². The third-order valence-electron chi connectivity index (χ3n) is 2.38. The van der Waals surface area contributed by atoms with E-state index in [-0.39, 0.29) is 5.82 Å². The normalized spacial score (nSPS) is 10.7. The Kier molecular flexibility index (Phi) is 2.99. The second-order valence-electron chi connectivity index (χ2n) is 3.84. The molecule has 0 aliphatic heterocycles. The summed E-state index contributed by atoms with van der Waals surface area (Å²) in [5.41, 5.74) is 1.34. The molecule has 0 saturated carbocycles. The maximum absolute atomic E-state index is 13.6. The van der Waals surface area contributed by atoms with Crippen molar-refractivity contribution in [3.05, 3.63) is 35.4 Å². The number of aromatic nitrogens is 3. The van der Waals surface area contributed by atoms with E-state index in [2.05, 4.69) is 22.1 Å². The largest absolute Gasteiger partial charge is 0.263 e. The lowest BCUT2D eigenvalue weighted by Gasteiger charge is -1.98. The Morgan fingerprint density at radius 2 is 2.19 bits per heavy atom. The molecule has 0 aliphatic carbocycles. The van der Waals surface area contributed by atoms with Crippen molar-refractivity contribution in [1.29, 1.82) is 0 Å². The molecule has 2 aromatic rings. The van der Waals surface area contributed by atoms with Crippen LogP contribution < -0.4 is 0 Å². The van der Waals surface area contributed by atoms with Gasteiger partial charge in [-0.2, -0.15) is 5.10 Å². The van der Waals surface area contributed by atoms with Crippen LogP contribution in [0.15, 0.2) is 18.2 Å². The Morgan fingerprint density at radius 1 is 1.38 bits per heavy atom. The number of nitrogens with one attached hydrogen (secondary N) is 1. The fraction of sp³-hybridized carbons (Fsp3) is 0.333. The molecule has 1 heterocycles. The van der Waals surface area contributed by atoms with Crippen LogP contribution in [-0.2, 0) is 6.42 Å². The lowest BCUT2D eigenvalue weighted by molar-refractivity contribution is 0.629. The summed E-state index contributed by atoms with van der Waals surface area (Å²) in [5.74, 6) is 0.959. The van der Waals surface area contributed by atoms with Crippen molar-refractivity contribution < 1.29 is 4.39 Å². The van der Waals surface area contributed by atoms with Gasteiger partial charge in [-0.05, 0) is 31.0 Å². The number of H-pyrrole nitrogens is 1. The maximum atomic E-state index is 13.6. The van der Waals surface area contributed by atoms with Gasteiger partial charge in [0.2, 0.25) is 0 Å². The molecular weight excluding hydrogens is 205 g/mol. The Hall–Kier alpha value is -1.71. The highest BCUT2D eigenvalue weighted by Crippen LogP contribution is 2.20. The molecule has 0 aliphatic rings. The fourth-order valence-electron chi connectivity index (χ4n) is 1.57. The van der Waals surface area contributed by atoms with Gasteiger partial charge in [0.1, 0.15) is 11.6 Å². The summed E-state index contributed by atoms with van der Waals surface area (Å²) >= 11 is 0. The molecule has 0 radical (unpaired) electrons. The maximum Gasteiger partial charge on any atom is 0.184 e. The predicted octanol–water partition coefficient (Wildman–Crippen LogP) is 2.87. The van der Waals surface area contributed by atoms with Crippen LogP contribution in [0.25, 0.3) is 11.4 Å². The van der Waals surface area contributed by atoms with Gasteiger partial charge in [-0.25, -0.2) is 9.37 Å². The molecule has 0 spiro atoms. The van der Waals surface area contributed by atoms with Gasteiger partial charge < -0.3 is 0 Å². The van der Waals surface area contributed by atoms with Crippen molar-refractivity contribution in [2.24, 2.45) is 0 Å². The minimum absolute atomic E-state index is 0.276. The minimum atomic E-state index is -0.276. The van der Waals surface area contributed by atoms with E-state index in [1.54, 1.807) is 6.07 Å². The third-order valence-corrected chi connectivity index (χ3v) is 2.38. The van der Waals surface area contributed by atoms with E-state index in [0.29, 0.717) is 11.4 Å². The minimum Gasteiger partial charge on any atom is -0.263 e. The lowest BCUT2D eigenvalue weighted by Crippen LogP contribution is -1.88. The van der Waals surface area contributed by atoms with Crippen LogP contribution in [0, 0.1) is 12.7 Å². The van der Waals surface area contributed by atoms with Gasteiger partial charge >= 0.3 is 0 Å². The highest BCUT2D eigenvalue weighted by molar-refractivity contribution is 5.56. The summed E-state index contributed by atoms with van der Waals surface area (Å²) < 4.78 is 13.6. The zero-order valence-electron chi connectivity index (χ0n) is 9.42. The predicted molar refractivity (Wildman–Crippen MR) is 60.5 cm³/mol. The van der Waals surface area contributed by atoms with E-state index < -0.39 is 0 Å². The van der Waals surface area contributed by atoms with Gasteiger partial charge in [0.05, 0.1) is 5.56 Å². The lowest BCUT2D eigenvalue weighted by atomic mass is 10.1. The van der Waals surface area contributed by atoms with E-state index in [0.717, 1.165) is 24.2 Å². The summed E-state index contributed by atoms with van der Waals surface area (Å²) in [6.07, 6.45) is 1.82. The summed E-state index contributed by atoms with van der Waals surface area (Å²) in [5, 5.41) is 6.84. The standard InChI is InChI=1S/C12H14FN3/c1-3-4-11-14-12(16-15-11)9-6-5-8(2)7-10(9)13/h5-7H,3-4H2,1-2H3,(H,14,15,16). The molecule has 3 nitrogen and oxygen atoms in total. The average Bonchev–Trinajstić information content (AvgIpc) is 2.67. The first-order chi connectivity index (χ1) is 7.70. The molecule has 1 N–H and O–H groups in total. The summed E-state index contributed by atoms with van der Waals surface area (Å²) in [6, 6.07) is 5.06. The molecule has 16 heavy (non-hydrogen) atoms. The van der Waals surface area contributed by atoms with Gasteiger partial charge in [-0.15, -0.1) is 0 Å². The number of rotatable bonds is 3.